The molecule has 2 aliphatic rings. The van der Waals surface area contributed by atoms with E-state index in [0.29, 0.717) is 40.1 Å². The second-order valence-corrected chi connectivity index (χ2v) is 12.8. The van der Waals surface area contributed by atoms with Gasteiger partial charge in [-0.2, -0.15) is 0 Å². The lowest BCUT2D eigenvalue weighted by molar-refractivity contribution is 0.0259. The van der Waals surface area contributed by atoms with Crippen LogP contribution in [-0.4, -0.2) is 71.4 Å². The number of methoxy groups -OCH3 is 2. The van der Waals surface area contributed by atoms with E-state index in [-0.39, 0.29) is 37.0 Å². The van der Waals surface area contributed by atoms with Gasteiger partial charge < -0.3 is 24.0 Å². The van der Waals surface area contributed by atoms with Gasteiger partial charge in [0.05, 0.1) is 32.9 Å². The molecule has 4 amide bonds. The second-order valence-electron chi connectivity index (χ2n) is 12.0. The Hall–Kier alpha value is -4.64. The fourth-order valence-corrected chi connectivity index (χ4v) is 5.94. The molecule has 0 unspecified atom stereocenters. The van der Waals surface area contributed by atoms with Crippen LogP contribution in [0.25, 0.3) is 0 Å². The van der Waals surface area contributed by atoms with Crippen molar-refractivity contribution in [3.05, 3.63) is 105 Å². The summed E-state index contributed by atoms with van der Waals surface area (Å²) in [5.41, 5.74) is 2.77. The Labute approximate surface area is 276 Å². The van der Waals surface area contributed by atoms with Gasteiger partial charge in [-0.15, -0.1) is 0 Å². The Kier molecular flexibility index (Phi) is 9.52. The molecule has 240 valence electrons. The smallest absolute Gasteiger partial charge is 0.410 e. The molecule has 0 spiro atoms. The fraction of sp³-hybridized carbons (Fsp3) is 0.314. The Morgan fingerprint density at radius 1 is 0.978 bits per heavy atom. The van der Waals surface area contributed by atoms with Gasteiger partial charge in [0.15, 0.2) is 0 Å². The topological polar surface area (TPSA) is 106 Å². The molecule has 0 N–H and O–H groups in total. The van der Waals surface area contributed by atoms with Gasteiger partial charge in [0, 0.05) is 52.4 Å². The van der Waals surface area contributed by atoms with Crippen molar-refractivity contribution < 1.29 is 33.4 Å². The maximum atomic E-state index is 14.3. The van der Waals surface area contributed by atoms with E-state index in [2.05, 4.69) is 15.9 Å². The minimum Gasteiger partial charge on any atom is -0.497 e. The van der Waals surface area contributed by atoms with Crippen LogP contribution >= 0.6 is 15.9 Å². The second kappa shape index (κ2) is 13.4. The number of hydrogen-bond acceptors (Lipinski definition) is 7. The number of rotatable bonds is 7. The van der Waals surface area contributed by atoms with Crippen molar-refractivity contribution in [1.29, 1.82) is 0 Å². The zero-order valence-electron chi connectivity index (χ0n) is 26.5. The molecule has 0 bridgehead atoms. The van der Waals surface area contributed by atoms with Crippen LogP contribution in [0.5, 0.6) is 11.5 Å². The summed E-state index contributed by atoms with van der Waals surface area (Å²) in [5.74, 6) is 0.0654. The first-order valence-corrected chi connectivity index (χ1v) is 15.6. The lowest BCUT2D eigenvalue weighted by Crippen LogP contribution is -2.41. The van der Waals surface area contributed by atoms with E-state index >= 15 is 0 Å². The van der Waals surface area contributed by atoms with E-state index in [4.69, 9.17) is 14.2 Å². The number of ether oxygens (including phenoxy) is 3. The minimum atomic E-state index is -0.625. The molecule has 0 saturated carbocycles. The standard InChI is InChI=1S/C35H36BrN3O7/c1-35(2,3)46-34(43)37-16-14-25(15-17-37)38(21-24-10-12-26(44-4)19-30(24)45-5)33(42)28-13-11-22(18-29(28)36)31(40)39-20-23-8-6-7-9-27(23)32(39)41/h6-14,18-19H,15-17,20-21H2,1-5H3. The van der Waals surface area contributed by atoms with E-state index in [1.165, 1.54) is 4.90 Å². The molecule has 0 radical (unpaired) electrons. The lowest BCUT2D eigenvalue weighted by Gasteiger charge is -2.33. The van der Waals surface area contributed by atoms with E-state index < -0.39 is 17.6 Å². The van der Waals surface area contributed by atoms with Crippen LogP contribution in [-0.2, 0) is 17.8 Å². The van der Waals surface area contributed by atoms with Gasteiger partial charge in [-0.3, -0.25) is 19.3 Å². The van der Waals surface area contributed by atoms with Gasteiger partial charge in [-0.1, -0.05) is 18.2 Å². The molecule has 0 fully saturated rings. The molecule has 0 aromatic heterocycles. The number of halogens is 1. The lowest BCUT2D eigenvalue weighted by atomic mass is 10.1. The highest BCUT2D eigenvalue weighted by Crippen LogP contribution is 2.31. The highest BCUT2D eigenvalue weighted by Gasteiger charge is 2.33. The maximum absolute atomic E-state index is 14.3. The molecule has 2 aliphatic heterocycles. The van der Waals surface area contributed by atoms with E-state index in [0.717, 1.165) is 16.8 Å². The number of amides is 4. The molecular weight excluding hydrogens is 654 g/mol. The molecule has 0 atom stereocenters. The van der Waals surface area contributed by atoms with E-state index in [1.54, 1.807) is 66.5 Å². The zero-order chi connectivity index (χ0) is 33.2. The Balaban J connectivity index is 1.42. The number of carbonyl (C=O) groups excluding carboxylic acids is 4. The number of hydrogen-bond donors (Lipinski definition) is 0. The summed E-state index contributed by atoms with van der Waals surface area (Å²) in [6.07, 6.45) is 1.85. The van der Waals surface area contributed by atoms with Crippen LogP contribution in [0.1, 0.15) is 69.4 Å². The Morgan fingerprint density at radius 2 is 1.74 bits per heavy atom. The van der Waals surface area contributed by atoms with Gasteiger partial charge in [-0.05, 0) is 84.7 Å². The van der Waals surface area contributed by atoms with Crippen molar-refractivity contribution >= 4 is 39.7 Å². The highest BCUT2D eigenvalue weighted by atomic mass is 79.9. The first kappa shape index (κ1) is 32.7. The van der Waals surface area contributed by atoms with Gasteiger partial charge in [0.1, 0.15) is 17.1 Å². The van der Waals surface area contributed by atoms with Crippen LogP contribution in [0.15, 0.2) is 76.9 Å². The van der Waals surface area contributed by atoms with Crippen molar-refractivity contribution in [3.63, 3.8) is 0 Å². The first-order valence-electron chi connectivity index (χ1n) is 14.8. The fourth-order valence-electron chi connectivity index (χ4n) is 5.39. The summed E-state index contributed by atoms with van der Waals surface area (Å²) in [6, 6.07) is 17.3. The molecule has 3 aromatic rings. The summed E-state index contributed by atoms with van der Waals surface area (Å²) < 4.78 is 16.9. The van der Waals surface area contributed by atoms with Crippen LogP contribution in [0.3, 0.4) is 0 Å². The maximum Gasteiger partial charge on any atom is 0.410 e. The number of imide groups is 1. The third-order valence-corrected chi connectivity index (χ3v) is 8.42. The SMILES string of the molecule is COc1ccc(CN(C(=O)c2ccc(C(=O)N3Cc4ccccc4C3=O)cc2Br)C2=CCN(C(=O)OC(C)(C)C)CC2)c(OC)c1. The van der Waals surface area contributed by atoms with Gasteiger partial charge in [0.2, 0.25) is 0 Å². The summed E-state index contributed by atoms with van der Waals surface area (Å²) in [5, 5.41) is 0. The number of fused-ring (bicyclic) bond motifs is 1. The van der Waals surface area contributed by atoms with Crippen molar-refractivity contribution in [1.82, 2.24) is 14.7 Å². The summed E-state index contributed by atoms with van der Waals surface area (Å²) >= 11 is 3.52. The molecular formula is C35H36BrN3O7. The van der Waals surface area contributed by atoms with Crippen LogP contribution in [0.2, 0.25) is 0 Å². The Morgan fingerprint density at radius 3 is 2.37 bits per heavy atom. The summed E-state index contributed by atoms with van der Waals surface area (Å²) in [7, 11) is 3.12. The number of nitrogens with zero attached hydrogens (tertiary/aromatic N) is 3. The molecule has 2 heterocycles. The molecule has 0 aliphatic carbocycles. The molecule has 5 rings (SSSR count). The van der Waals surface area contributed by atoms with Gasteiger partial charge in [-0.25, -0.2) is 4.79 Å². The monoisotopic (exact) mass is 689 g/mol. The van der Waals surface area contributed by atoms with E-state index in [1.807, 2.05) is 45.0 Å². The minimum absolute atomic E-state index is 0.179. The molecule has 46 heavy (non-hydrogen) atoms. The van der Waals surface area contributed by atoms with Crippen molar-refractivity contribution in [2.45, 2.75) is 45.9 Å². The molecule has 10 nitrogen and oxygen atoms in total. The van der Waals surface area contributed by atoms with E-state index in [9.17, 15) is 19.2 Å². The van der Waals surface area contributed by atoms with Crippen molar-refractivity contribution in [3.8, 4) is 11.5 Å². The zero-order valence-corrected chi connectivity index (χ0v) is 28.0. The van der Waals surface area contributed by atoms with Crippen molar-refractivity contribution in [2.75, 3.05) is 27.3 Å². The summed E-state index contributed by atoms with van der Waals surface area (Å²) in [6.45, 7) is 6.46. The normalized spacial score (nSPS) is 14.4. The average molecular weight is 691 g/mol. The largest absolute Gasteiger partial charge is 0.497 e. The van der Waals surface area contributed by atoms with Crippen LogP contribution in [0.4, 0.5) is 4.79 Å². The predicted molar refractivity (Wildman–Crippen MR) is 175 cm³/mol. The van der Waals surface area contributed by atoms with Crippen LogP contribution < -0.4 is 9.47 Å². The average Bonchev–Trinajstić information content (AvgIpc) is 3.38. The first-order chi connectivity index (χ1) is 21.9. The van der Waals surface area contributed by atoms with Gasteiger partial charge >= 0.3 is 6.09 Å². The Bertz CT molecular complexity index is 1730. The van der Waals surface area contributed by atoms with Crippen LogP contribution in [0, 0.1) is 0 Å². The van der Waals surface area contributed by atoms with Crippen molar-refractivity contribution in [2.24, 2.45) is 0 Å². The highest BCUT2D eigenvalue weighted by molar-refractivity contribution is 9.10. The third kappa shape index (κ3) is 6.94. The van der Waals surface area contributed by atoms with Gasteiger partial charge in [0.25, 0.3) is 17.7 Å². The predicted octanol–water partition coefficient (Wildman–Crippen LogP) is 6.43. The molecule has 3 aromatic carbocycles. The number of carbonyl (C=O) groups is 4. The molecule has 0 saturated heterocycles. The number of benzene rings is 3. The third-order valence-electron chi connectivity index (χ3n) is 7.76. The summed E-state index contributed by atoms with van der Waals surface area (Å²) in [4.78, 5) is 57.7. The quantitative estimate of drug-likeness (QED) is 0.263. The molecule has 11 heteroatoms.